The molecule has 11 unspecified atom stereocenters. The van der Waals surface area contributed by atoms with Crippen LogP contribution in [-0.2, 0) is 28.5 Å². The maximum atomic E-state index is 15.7. The van der Waals surface area contributed by atoms with Crippen molar-refractivity contribution in [2.75, 3.05) is 7.11 Å². The number of nitrogens with two attached hydrogens (primary N) is 1. The van der Waals surface area contributed by atoms with Crippen LogP contribution >= 0.6 is 0 Å². The Morgan fingerprint density at radius 2 is 1.93 bits per heavy atom. The molecule has 0 aromatic rings. The van der Waals surface area contributed by atoms with Gasteiger partial charge in [0.15, 0.2) is 0 Å². The van der Waals surface area contributed by atoms with E-state index in [4.69, 9.17) is 24.7 Å². The highest BCUT2D eigenvalue weighted by Gasteiger charge is 2.53. The summed E-state index contributed by atoms with van der Waals surface area (Å²) in [6, 6.07) is -0.862. The summed E-state index contributed by atoms with van der Waals surface area (Å²) < 4.78 is 38.5. The van der Waals surface area contributed by atoms with E-state index in [9.17, 15) is 14.7 Å². The van der Waals surface area contributed by atoms with Gasteiger partial charge in [-0.3, -0.25) is 9.59 Å². The molecule has 2 aliphatic heterocycles. The van der Waals surface area contributed by atoms with Gasteiger partial charge in [-0.25, -0.2) is 4.39 Å². The van der Waals surface area contributed by atoms with Crippen molar-refractivity contribution in [3.63, 3.8) is 0 Å². The quantitative estimate of drug-likeness (QED) is 0.134. The lowest BCUT2D eigenvalue weighted by molar-refractivity contribution is -0.156. The molecule has 1 saturated heterocycles. The molecule has 9 heteroatoms. The molecule has 2 aliphatic rings. The first-order valence-corrected chi connectivity index (χ1v) is 15.7. The van der Waals surface area contributed by atoms with Gasteiger partial charge < -0.3 is 29.8 Å². The molecule has 2 rings (SSSR count). The van der Waals surface area contributed by atoms with E-state index < -0.39 is 41.6 Å². The predicted octanol–water partition coefficient (Wildman–Crippen LogP) is 5.62. The monoisotopic (exact) mass is 609 g/mol. The average molecular weight is 610 g/mol. The Kier molecular flexibility index (Phi) is 13.6. The van der Waals surface area contributed by atoms with Crippen LogP contribution in [0.1, 0.15) is 88.0 Å². The van der Waals surface area contributed by atoms with Gasteiger partial charge in [-0.15, -0.1) is 0 Å². The standard InChI is InChI=1S/C34H56FNO7/c1-11-26(40-10)23(6)30-31(43-30)32(36)33(8,35)17-12-13-21(4)29-22(5)14-15-27(41-24(7)37)34(9,39)18-16-25(20(2)3)19-28(38)42-29/h12-15,17,20,22-23,25-27,29-32,39H,11,16,18-19,36H2,1-10H3. The smallest absolute Gasteiger partial charge is 0.306 e. The van der Waals surface area contributed by atoms with Crippen molar-refractivity contribution in [3.8, 4) is 0 Å². The average Bonchev–Trinajstić information content (AvgIpc) is 3.71. The van der Waals surface area contributed by atoms with Crippen LogP contribution < -0.4 is 5.73 Å². The van der Waals surface area contributed by atoms with Crippen LogP contribution in [0.5, 0.6) is 0 Å². The van der Waals surface area contributed by atoms with Crippen molar-refractivity contribution in [1.82, 2.24) is 0 Å². The molecule has 0 spiro atoms. The van der Waals surface area contributed by atoms with Crippen molar-refractivity contribution in [1.29, 1.82) is 0 Å². The number of rotatable bonds is 11. The summed E-state index contributed by atoms with van der Waals surface area (Å²) in [4.78, 5) is 24.9. The molecule has 8 nitrogen and oxygen atoms in total. The SMILES string of the molecule is CCC(OC)C(C)C1OC1C(N)C(C)(F)C=CC=C(C)C1OC(=O)CC(C(C)C)CCC(C)(O)C(OC(C)=O)C=CC1C. The summed E-state index contributed by atoms with van der Waals surface area (Å²) in [5, 5.41) is 11.2. The van der Waals surface area contributed by atoms with Crippen LogP contribution in [0.2, 0.25) is 0 Å². The number of ether oxygens (including phenoxy) is 4. The number of alkyl halides is 1. The van der Waals surface area contributed by atoms with Crippen LogP contribution in [0.15, 0.2) is 36.0 Å². The topological polar surface area (TPSA) is 121 Å². The fraction of sp³-hybridized carbons (Fsp3) is 0.765. The fourth-order valence-electron chi connectivity index (χ4n) is 5.97. The normalized spacial score (nSPS) is 34.5. The molecule has 43 heavy (non-hydrogen) atoms. The zero-order chi connectivity index (χ0) is 32.7. The molecule has 0 radical (unpaired) electrons. The zero-order valence-electron chi connectivity index (χ0n) is 27.8. The number of hydrogen-bond acceptors (Lipinski definition) is 8. The first kappa shape index (κ1) is 37.1. The lowest BCUT2D eigenvalue weighted by Gasteiger charge is -2.34. The summed E-state index contributed by atoms with van der Waals surface area (Å²) in [7, 11) is 1.67. The van der Waals surface area contributed by atoms with Crippen molar-refractivity contribution in [3.05, 3.63) is 36.0 Å². The largest absolute Gasteiger partial charge is 0.457 e. The van der Waals surface area contributed by atoms with Gasteiger partial charge in [0, 0.05) is 32.3 Å². The maximum Gasteiger partial charge on any atom is 0.306 e. The number of cyclic esters (lactones) is 1. The molecule has 3 N–H and O–H groups in total. The van der Waals surface area contributed by atoms with Crippen LogP contribution in [0.25, 0.3) is 0 Å². The predicted molar refractivity (Wildman–Crippen MR) is 166 cm³/mol. The lowest BCUT2D eigenvalue weighted by atomic mass is 9.82. The van der Waals surface area contributed by atoms with Crippen LogP contribution in [-0.4, -0.2) is 72.0 Å². The Morgan fingerprint density at radius 3 is 2.49 bits per heavy atom. The van der Waals surface area contributed by atoms with E-state index in [2.05, 4.69) is 0 Å². The van der Waals surface area contributed by atoms with E-state index in [1.807, 2.05) is 41.5 Å². The van der Waals surface area contributed by atoms with Crippen molar-refractivity contribution in [2.45, 2.75) is 136 Å². The molecule has 2 heterocycles. The summed E-state index contributed by atoms with van der Waals surface area (Å²) in [5.41, 5.74) is 3.88. The Bertz CT molecular complexity index is 1020. The summed E-state index contributed by atoms with van der Waals surface area (Å²) >= 11 is 0. The molecule has 0 aromatic heterocycles. The molecule has 0 aromatic carbocycles. The molecule has 11 atom stereocenters. The molecular weight excluding hydrogens is 553 g/mol. The van der Waals surface area contributed by atoms with Crippen LogP contribution in [0, 0.1) is 23.7 Å². The van der Waals surface area contributed by atoms with E-state index in [0.29, 0.717) is 18.4 Å². The first-order chi connectivity index (χ1) is 19.9. The van der Waals surface area contributed by atoms with E-state index in [0.717, 1.165) is 6.42 Å². The second-order valence-electron chi connectivity index (χ2n) is 13.3. The Labute approximate surface area is 258 Å². The molecule has 0 bridgehead atoms. The van der Waals surface area contributed by atoms with E-state index >= 15 is 4.39 Å². The van der Waals surface area contributed by atoms with E-state index in [1.54, 1.807) is 38.3 Å². The minimum absolute atomic E-state index is 0.0186. The maximum absolute atomic E-state index is 15.7. The van der Waals surface area contributed by atoms with Crippen molar-refractivity contribution < 1.29 is 38.0 Å². The number of halogens is 1. The Balaban J connectivity index is 2.28. The third-order valence-electron chi connectivity index (χ3n) is 9.23. The van der Waals surface area contributed by atoms with Crippen molar-refractivity contribution >= 4 is 11.9 Å². The summed E-state index contributed by atoms with van der Waals surface area (Å²) in [6.07, 6.45) is 8.08. The van der Waals surface area contributed by atoms with Gasteiger partial charge in [0.05, 0.1) is 18.2 Å². The number of methoxy groups -OCH3 is 1. The van der Waals surface area contributed by atoms with Gasteiger partial charge >= 0.3 is 11.9 Å². The number of allylic oxidation sites excluding steroid dienone is 2. The number of hydrogen-bond donors (Lipinski definition) is 2. The highest BCUT2D eigenvalue weighted by Crippen LogP contribution is 2.39. The van der Waals surface area contributed by atoms with Gasteiger partial charge in [0.2, 0.25) is 0 Å². The Hall–Kier alpha value is -2.07. The molecule has 0 amide bonds. The zero-order valence-corrected chi connectivity index (χ0v) is 27.8. The summed E-state index contributed by atoms with van der Waals surface area (Å²) in [5.74, 6) is -0.904. The number of epoxide rings is 1. The second-order valence-corrected chi connectivity index (χ2v) is 13.3. The first-order valence-electron chi connectivity index (χ1n) is 15.7. The highest BCUT2D eigenvalue weighted by molar-refractivity contribution is 5.70. The molecule has 246 valence electrons. The van der Waals surface area contributed by atoms with Gasteiger partial charge in [-0.05, 0) is 69.6 Å². The van der Waals surface area contributed by atoms with Gasteiger partial charge in [0.25, 0.3) is 0 Å². The van der Waals surface area contributed by atoms with Crippen LogP contribution in [0.3, 0.4) is 0 Å². The fourth-order valence-corrected chi connectivity index (χ4v) is 5.97. The van der Waals surface area contributed by atoms with Gasteiger partial charge in [-0.2, -0.15) is 0 Å². The van der Waals surface area contributed by atoms with E-state index in [1.165, 1.54) is 19.9 Å². The lowest BCUT2D eigenvalue weighted by Crippen LogP contribution is -2.46. The molecule has 0 saturated carbocycles. The highest BCUT2D eigenvalue weighted by atomic mass is 19.1. The number of aliphatic hydroxyl groups is 1. The second kappa shape index (κ2) is 15.8. The third kappa shape index (κ3) is 10.5. The minimum Gasteiger partial charge on any atom is -0.457 e. The Morgan fingerprint density at radius 1 is 1.28 bits per heavy atom. The summed E-state index contributed by atoms with van der Waals surface area (Å²) in [6.45, 7) is 16.2. The van der Waals surface area contributed by atoms with E-state index in [-0.39, 0.29) is 48.3 Å². The molecule has 0 aliphatic carbocycles. The number of carbonyl (C=O) groups excluding carboxylic acids is 2. The third-order valence-corrected chi connectivity index (χ3v) is 9.23. The number of carbonyl (C=O) groups is 2. The van der Waals surface area contributed by atoms with Crippen LogP contribution in [0.4, 0.5) is 4.39 Å². The van der Waals surface area contributed by atoms with Gasteiger partial charge in [0.1, 0.15) is 29.6 Å². The minimum atomic E-state index is -1.84. The number of esters is 2. The van der Waals surface area contributed by atoms with Gasteiger partial charge in [-0.1, -0.05) is 52.8 Å². The van der Waals surface area contributed by atoms with Crippen molar-refractivity contribution in [2.24, 2.45) is 29.4 Å². The molecular formula is C34H56FNO7. The molecule has 1 fully saturated rings.